The Hall–Kier alpha value is -4.47. The zero-order valence-electron chi connectivity index (χ0n) is 31.6. The number of rotatable bonds is 24. The topological polar surface area (TPSA) is 206 Å². The largest absolute Gasteiger partial charge is 0.496 e. The average molecular weight is 737 g/mol. The van der Waals surface area contributed by atoms with Crippen LogP contribution in [0.4, 0.5) is 11.8 Å². The van der Waals surface area contributed by atoms with Gasteiger partial charge in [-0.2, -0.15) is 4.98 Å². The Labute approximate surface area is 313 Å². The number of aliphatic carboxylic acids is 1. The van der Waals surface area contributed by atoms with E-state index >= 15 is 0 Å². The summed E-state index contributed by atoms with van der Waals surface area (Å²) in [6, 6.07) is 7.60. The molecule has 1 atom stereocenters. The number of nitrogens with one attached hydrogen (secondary N) is 3. The lowest BCUT2D eigenvalue weighted by atomic mass is 10.1. The maximum Gasteiger partial charge on any atom is 0.320 e. The van der Waals surface area contributed by atoms with Crippen molar-refractivity contribution in [2.75, 3.05) is 70.5 Å². The summed E-state index contributed by atoms with van der Waals surface area (Å²) in [7, 11) is 1.72. The number of carboxylic acid groups (broad SMARTS) is 1. The second-order valence-electron chi connectivity index (χ2n) is 13.9. The molecular formula is C38H60N10O5. The summed E-state index contributed by atoms with van der Waals surface area (Å²) in [4.78, 5) is 48.8. The van der Waals surface area contributed by atoms with Crippen molar-refractivity contribution in [3.05, 3.63) is 41.6 Å². The highest BCUT2D eigenvalue weighted by atomic mass is 16.5. The maximum absolute atomic E-state index is 12.2. The molecule has 292 valence electrons. The summed E-state index contributed by atoms with van der Waals surface area (Å²) in [5.74, 6) is 0.738. The number of anilines is 2. The lowest BCUT2D eigenvalue weighted by Gasteiger charge is -2.34. The minimum atomic E-state index is -1.01. The Morgan fingerprint density at radius 2 is 1.58 bits per heavy atom. The normalized spacial score (nSPS) is 14.2. The molecule has 2 amide bonds. The third-order valence-corrected chi connectivity index (χ3v) is 9.63. The first kappa shape index (κ1) is 41.3. The first-order valence-electron chi connectivity index (χ1n) is 19.1. The van der Waals surface area contributed by atoms with E-state index in [0.717, 1.165) is 99.7 Å². The molecule has 4 rings (SSSR count). The standard InChI is InChI=1S/C38H60N10O5/c1-3-4-6-17-43-36-35-31(44-38(40)45-36)15-20-48(35)27-29-14-13-28(25-32(29)53-2)26-47-23-21-46(22-24-47)19-9-18-42-34(50)12-8-11-33(49)41-16-7-5-10-30(39)37(51)52/h13-15,20,25,30H,3-12,16-19,21-24,26-27,39H2,1-2H3,(H,41,49)(H,42,50)(H,51,52)(H3,40,43,44,45)/t30-/m0/s1. The van der Waals surface area contributed by atoms with Crippen LogP contribution in [0.3, 0.4) is 0 Å². The van der Waals surface area contributed by atoms with Crippen LogP contribution in [0.25, 0.3) is 11.0 Å². The summed E-state index contributed by atoms with van der Waals surface area (Å²) in [6.45, 7) is 10.4. The van der Waals surface area contributed by atoms with Gasteiger partial charge in [0.15, 0.2) is 5.82 Å². The number of fused-ring (bicyclic) bond motifs is 1. The predicted molar refractivity (Wildman–Crippen MR) is 208 cm³/mol. The molecule has 0 saturated carbocycles. The molecule has 53 heavy (non-hydrogen) atoms. The van der Waals surface area contributed by atoms with Gasteiger partial charge in [-0.3, -0.25) is 19.3 Å². The molecule has 15 nitrogen and oxygen atoms in total. The third-order valence-electron chi connectivity index (χ3n) is 9.63. The first-order valence-corrected chi connectivity index (χ1v) is 19.1. The number of nitrogens with zero attached hydrogens (tertiary/aromatic N) is 5. The Bertz CT molecular complexity index is 1610. The van der Waals surface area contributed by atoms with E-state index in [0.29, 0.717) is 58.2 Å². The Morgan fingerprint density at radius 3 is 2.28 bits per heavy atom. The smallest absolute Gasteiger partial charge is 0.320 e. The minimum Gasteiger partial charge on any atom is -0.496 e. The van der Waals surface area contributed by atoms with Crippen LogP contribution >= 0.6 is 0 Å². The molecule has 1 aromatic carbocycles. The average Bonchev–Trinajstić information content (AvgIpc) is 3.54. The van der Waals surface area contributed by atoms with Crippen LogP contribution in [0.1, 0.15) is 82.3 Å². The third kappa shape index (κ3) is 13.8. The van der Waals surface area contributed by atoms with Crippen molar-refractivity contribution in [2.45, 2.75) is 90.3 Å². The number of carboxylic acids is 1. The molecule has 3 aromatic rings. The fourth-order valence-electron chi connectivity index (χ4n) is 6.55. The van der Waals surface area contributed by atoms with E-state index in [1.807, 2.05) is 12.3 Å². The highest BCUT2D eigenvalue weighted by molar-refractivity contribution is 5.87. The van der Waals surface area contributed by atoms with Gasteiger partial charge in [-0.1, -0.05) is 31.9 Å². The number of amides is 2. The monoisotopic (exact) mass is 736 g/mol. The van der Waals surface area contributed by atoms with Gasteiger partial charge in [-0.15, -0.1) is 0 Å². The fraction of sp³-hybridized carbons (Fsp3) is 0.605. The van der Waals surface area contributed by atoms with Gasteiger partial charge in [0.1, 0.15) is 17.3 Å². The van der Waals surface area contributed by atoms with Crippen LogP contribution in [-0.2, 0) is 27.5 Å². The molecule has 1 saturated heterocycles. The van der Waals surface area contributed by atoms with Gasteiger partial charge in [-0.25, -0.2) is 4.98 Å². The van der Waals surface area contributed by atoms with Gasteiger partial charge in [-0.05, 0) is 62.8 Å². The first-order chi connectivity index (χ1) is 25.7. The highest BCUT2D eigenvalue weighted by Crippen LogP contribution is 2.27. The highest BCUT2D eigenvalue weighted by Gasteiger charge is 2.19. The number of aromatic nitrogens is 3. The van der Waals surface area contributed by atoms with E-state index in [-0.39, 0.29) is 17.8 Å². The number of nitrogen functional groups attached to an aromatic ring is 1. The molecule has 0 radical (unpaired) electrons. The minimum absolute atomic E-state index is 0.0350. The zero-order chi connectivity index (χ0) is 38.0. The number of carbonyl (C=O) groups is 3. The van der Waals surface area contributed by atoms with Crippen molar-refractivity contribution in [3.8, 4) is 5.75 Å². The van der Waals surface area contributed by atoms with Crippen LogP contribution in [0.2, 0.25) is 0 Å². The van der Waals surface area contributed by atoms with Gasteiger partial charge in [0.05, 0.1) is 19.2 Å². The molecule has 0 unspecified atom stereocenters. The Morgan fingerprint density at radius 1 is 0.887 bits per heavy atom. The number of hydrogen-bond acceptors (Lipinski definition) is 11. The molecule has 1 fully saturated rings. The molecular weight excluding hydrogens is 676 g/mol. The van der Waals surface area contributed by atoms with E-state index in [4.69, 9.17) is 21.3 Å². The van der Waals surface area contributed by atoms with Crippen molar-refractivity contribution >= 4 is 40.6 Å². The van der Waals surface area contributed by atoms with Crippen molar-refractivity contribution in [1.82, 2.24) is 35.0 Å². The number of benzene rings is 1. The Balaban J connectivity index is 1.12. The van der Waals surface area contributed by atoms with Crippen LogP contribution in [0.15, 0.2) is 30.5 Å². The molecule has 3 heterocycles. The van der Waals surface area contributed by atoms with Crippen LogP contribution in [0, 0.1) is 0 Å². The second kappa shape index (κ2) is 21.9. The summed E-state index contributed by atoms with van der Waals surface area (Å²) in [6.07, 6.45) is 9.08. The maximum atomic E-state index is 12.2. The Kier molecular flexibility index (Phi) is 17.1. The van der Waals surface area contributed by atoms with Crippen molar-refractivity contribution in [3.63, 3.8) is 0 Å². The van der Waals surface area contributed by atoms with E-state index < -0.39 is 12.0 Å². The fourth-order valence-corrected chi connectivity index (χ4v) is 6.55. The van der Waals surface area contributed by atoms with Gasteiger partial charge in [0.25, 0.3) is 0 Å². The molecule has 0 spiro atoms. The molecule has 0 bridgehead atoms. The molecule has 1 aliphatic rings. The molecule has 0 aliphatic carbocycles. The van der Waals surface area contributed by atoms with Crippen LogP contribution in [-0.4, -0.2) is 113 Å². The summed E-state index contributed by atoms with van der Waals surface area (Å²) in [5.41, 5.74) is 15.5. The zero-order valence-corrected chi connectivity index (χ0v) is 31.6. The SMILES string of the molecule is CCCCCNc1nc(N)nc2ccn(Cc3ccc(CN4CCN(CCCNC(=O)CCCC(=O)NCCCC[C@H](N)C(=O)O)CC4)cc3OC)c12. The number of ether oxygens (including phenoxy) is 1. The van der Waals surface area contributed by atoms with Gasteiger partial charge >= 0.3 is 5.97 Å². The van der Waals surface area contributed by atoms with Crippen LogP contribution in [0.5, 0.6) is 5.75 Å². The number of hydrogen-bond donors (Lipinski definition) is 6. The number of carbonyl (C=O) groups excluding carboxylic acids is 2. The van der Waals surface area contributed by atoms with Gasteiger partial charge in [0.2, 0.25) is 17.8 Å². The summed E-state index contributed by atoms with van der Waals surface area (Å²) < 4.78 is 8.01. The van der Waals surface area contributed by atoms with Crippen molar-refractivity contribution in [2.24, 2.45) is 5.73 Å². The number of methoxy groups -OCH3 is 1. The summed E-state index contributed by atoms with van der Waals surface area (Å²) >= 11 is 0. The van der Waals surface area contributed by atoms with Crippen molar-refractivity contribution < 1.29 is 24.2 Å². The van der Waals surface area contributed by atoms with Crippen LogP contribution < -0.4 is 32.2 Å². The molecule has 1 aliphatic heterocycles. The molecule has 2 aromatic heterocycles. The van der Waals surface area contributed by atoms with Gasteiger partial charge in [0, 0.05) is 77.0 Å². The van der Waals surface area contributed by atoms with E-state index in [1.54, 1.807) is 7.11 Å². The predicted octanol–water partition coefficient (Wildman–Crippen LogP) is 3.17. The number of unbranched alkanes of at least 4 members (excludes halogenated alkanes) is 3. The van der Waals surface area contributed by atoms with Crippen molar-refractivity contribution in [1.29, 1.82) is 0 Å². The lowest BCUT2D eigenvalue weighted by molar-refractivity contribution is -0.138. The number of piperazine rings is 1. The second-order valence-corrected chi connectivity index (χ2v) is 13.9. The lowest BCUT2D eigenvalue weighted by Crippen LogP contribution is -2.46. The van der Waals surface area contributed by atoms with E-state index in [1.165, 1.54) is 5.56 Å². The molecule has 8 N–H and O–H groups in total. The summed E-state index contributed by atoms with van der Waals surface area (Å²) in [5, 5.41) is 18.1. The molecule has 15 heteroatoms. The quantitative estimate of drug-likeness (QED) is 0.0734. The van der Waals surface area contributed by atoms with E-state index in [9.17, 15) is 14.4 Å². The van der Waals surface area contributed by atoms with Gasteiger partial charge < -0.3 is 46.7 Å². The number of nitrogens with two attached hydrogens (primary N) is 2. The van der Waals surface area contributed by atoms with E-state index in [2.05, 4.69) is 65.4 Å².